The highest BCUT2D eigenvalue weighted by Crippen LogP contribution is 2.25. The molecule has 0 saturated carbocycles. The van der Waals surface area contributed by atoms with E-state index in [1.807, 2.05) is 0 Å². The Bertz CT molecular complexity index is 967. The molecule has 2 heterocycles. The maximum atomic E-state index is 14.1. The molecule has 1 aromatic carbocycles. The Hall–Kier alpha value is -2.68. The molecule has 0 atom stereocenters. The van der Waals surface area contributed by atoms with Crippen molar-refractivity contribution in [1.82, 2.24) is 9.55 Å². The average molecular weight is 326 g/mol. The molecule has 0 bridgehead atoms. The standard InChI is InChI=1S/C13H5F3N2O3S/c14-7-3-5-10(9(16)8(7)15)18(13-17-1-2-22-13)4-6(11(5)19)12(20)21/h1-4H,(H,20,21). The van der Waals surface area contributed by atoms with Gasteiger partial charge in [-0.05, 0) is 6.07 Å². The maximum absolute atomic E-state index is 14.1. The highest BCUT2D eigenvalue weighted by Gasteiger charge is 2.23. The minimum Gasteiger partial charge on any atom is -0.477 e. The van der Waals surface area contributed by atoms with Crippen molar-refractivity contribution in [2.24, 2.45) is 0 Å². The van der Waals surface area contributed by atoms with E-state index in [-0.39, 0.29) is 5.13 Å². The third kappa shape index (κ3) is 1.98. The van der Waals surface area contributed by atoms with Crippen LogP contribution in [0.25, 0.3) is 16.0 Å². The quantitative estimate of drug-likeness (QED) is 0.735. The molecule has 3 rings (SSSR count). The second-order valence-corrected chi connectivity index (χ2v) is 5.12. The SMILES string of the molecule is O=C(O)c1cn(-c2nccs2)c2c(F)c(F)c(F)cc2c1=O. The minimum atomic E-state index is -1.75. The van der Waals surface area contributed by atoms with Gasteiger partial charge >= 0.3 is 5.97 Å². The molecular formula is C13H5F3N2O3S. The molecule has 9 heteroatoms. The number of hydrogen-bond donors (Lipinski definition) is 1. The van der Waals surface area contributed by atoms with Gasteiger partial charge in [0.05, 0.1) is 10.9 Å². The average Bonchev–Trinajstić information content (AvgIpc) is 2.99. The predicted octanol–water partition coefficient (Wildman–Crippen LogP) is 2.56. The topological polar surface area (TPSA) is 72.2 Å². The van der Waals surface area contributed by atoms with Crippen molar-refractivity contribution in [2.75, 3.05) is 0 Å². The number of benzene rings is 1. The zero-order valence-electron chi connectivity index (χ0n) is 10.5. The highest BCUT2D eigenvalue weighted by atomic mass is 32.1. The summed E-state index contributed by atoms with van der Waals surface area (Å²) >= 11 is 1.01. The second-order valence-electron chi connectivity index (χ2n) is 4.24. The van der Waals surface area contributed by atoms with Crippen molar-refractivity contribution in [2.45, 2.75) is 0 Å². The van der Waals surface area contributed by atoms with Crippen LogP contribution < -0.4 is 5.43 Å². The molecule has 0 saturated heterocycles. The van der Waals surface area contributed by atoms with Crippen molar-refractivity contribution in [3.63, 3.8) is 0 Å². The molecule has 0 radical (unpaired) electrons. The van der Waals surface area contributed by atoms with Crippen LogP contribution in [-0.2, 0) is 0 Å². The number of pyridine rings is 1. The molecule has 0 aliphatic carbocycles. The molecular weight excluding hydrogens is 321 g/mol. The highest BCUT2D eigenvalue weighted by molar-refractivity contribution is 7.12. The Kier molecular flexibility index (Phi) is 3.21. The van der Waals surface area contributed by atoms with E-state index in [4.69, 9.17) is 5.11 Å². The summed E-state index contributed by atoms with van der Waals surface area (Å²) in [5.41, 5.74) is -2.37. The summed E-state index contributed by atoms with van der Waals surface area (Å²) in [4.78, 5) is 27.0. The fraction of sp³-hybridized carbons (Fsp3) is 0. The fourth-order valence-corrected chi connectivity index (χ4v) is 2.65. The number of thiazole rings is 1. The maximum Gasteiger partial charge on any atom is 0.341 e. The van der Waals surface area contributed by atoms with Crippen molar-refractivity contribution < 1.29 is 23.1 Å². The third-order valence-corrected chi connectivity index (χ3v) is 3.75. The molecule has 112 valence electrons. The molecule has 22 heavy (non-hydrogen) atoms. The second kappa shape index (κ2) is 4.95. The molecule has 2 aromatic heterocycles. The van der Waals surface area contributed by atoms with Crippen LogP contribution in [-0.4, -0.2) is 20.6 Å². The molecule has 0 fully saturated rings. The minimum absolute atomic E-state index is 0.109. The van der Waals surface area contributed by atoms with Crippen LogP contribution in [0.15, 0.2) is 28.6 Å². The lowest BCUT2D eigenvalue weighted by molar-refractivity contribution is 0.0695. The van der Waals surface area contributed by atoms with Gasteiger partial charge in [-0.3, -0.25) is 9.36 Å². The molecule has 0 spiro atoms. The van der Waals surface area contributed by atoms with Crippen LogP contribution in [0.1, 0.15) is 10.4 Å². The molecule has 0 aliphatic heterocycles. The van der Waals surface area contributed by atoms with E-state index in [9.17, 15) is 22.8 Å². The number of nitrogens with zero attached hydrogens (tertiary/aromatic N) is 2. The lowest BCUT2D eigenvalue weighted by Gasteiger charge is -2.11. The predicted molar refractivity (Wildman–Crippen MR) is 72.1 cm³/mol. The molecule has 3 aromatic rings. The summed E-state index contributed by atoms with van der Waals surface area (Å²) in [7, 11) is 0. The number of carbonyl (C=O) groups is 1. The summed E-state index contributed by atoms with van der Waals surface area (Å²) < 4.78 is 41.8. The molecule has 0 amide bonds. The summed E-state index contributed by atoms with van der Waals surface area (Å²) in [6.45, 7) is 0. The van der Waals surface area contributed by atoms with Gasteiger partial charge in [0.25, 0.3) is 0 Å². The Morgan fingerprint density at radius 1 is 1.27 bits per heavy atom. The summed E-state index contributed by atoms with van der Waals surface area (Å²) in [6.07, 6.45) is 2.20. The van der Waals surface area contributed by atoms with Crippen LogP contribution >= 0.6 is 11.3 Å². The van der Waals surface area contributed by atoms with Gasteiger partial charge in [0.2, 0.25) is 5.43 Å². The van der Waals surface area contributed by atoms with Gasteiger partial charge in [0, 0.05) is 17.8 Å². The third-order valence-electron chi connectivity index (χ3n) is 2.98. The lowest BCUT2D eigenvalue weighted by Crippen LogP contribution is -2.19. The first-order chi connectivity index (χ1) is 10.4. The molecule has 0 aliphatic rings. The van der Waals surface area contributed by atoms with Gasteiger partial charge < -0.3 is 5.11 Å². The van der Waals surface area contributed by atoms with E-state index >= 15 is 0 Å². The van der Waals surface area contributed by atoms with Gasteiger partial charge in [0.15, 0.2) is 22.6 Å². The number of fused-ring (bicyclic) bond motifs is 1. The molecule has 1 N–H and O–H groups in total. The lowest BCUT2D eigenvalue weighted by atomic mass is 10.1. The first-order valence-corrected chi connectivity index (χ1v) is 6.65. The number of aromatic carboxylic acids is 1. The van der Waals surface area contributed by atoms with Crippen LogP contribution in [0, 0.1) is 17.5 Å². The van der Waals surface area contributed by atoms with Gasteiger partial charge in [-0.15, -0.1) is 11.3 Å². The van der Waals surface area contributed by atoms with E-state index in [1.54, 1.807) is 0 Å². The van der Waals surface area contributed by atoms with Crippen molar-refractivity contribution >= 4 is 28.2 Å². The monoisotopic (exact) mass is 326 g/mol. The largest absolute Gasteiger partial charge is 0.477 e. The number of halogens is 3. The van der Waals surface area contributed by atoms with E-state index in [1.165, 1.54) is 11.6 Å². The number of carboxylic acids is 1. The molecule has 5 nitrogen and oxygen atoms in total. The van der Waals surface area contributed by atoms with Crippen LogP contribution in [0.4, 0.5) is 13.2 Å². The van der Waals surface area contributed by atoms with E-state index < -0.39 is 45.3 Å². The summed E-state index contributed by atoms with van der Waals surface area (Å²) in [6, 6.07) is 0.479. The Morgan fingerprint density at radius 3 is 2.59 bits per heavy atom. The van der Waals surface area contributed by atoms with Crippen LogP contribution in [0.2, 0.25) is 0 Å². The first-order valence-electron chi connectivity index (χ1n) is 5.78. The van der Waals surface area contributed by atoms with E-state index in [0.29, 0.717) is 6.07 Å². The van der Waals surface area contributed by atoms with Crippen molar-refractivity contribution in [3.8, 4) is 5.13 Å². The number of rotatable bonds is 2. The van der Waals surface area contributed by atoms with Crippen LogP contribution in [0.5, 0.6) is 0 Å². The van der Waals surface area contributed by atoms with Gasteiger partial charge in [-0.2, -0.15) is 0 Å². The number of carboxylic acid groups (broad SMARTS) is 1. The fourth-order valence-electron chi connectivity index (χ4n) is 2.03. The van der Waals surface area contributed by atoms with Gasteiger partial charge in [-0.1, -0.05) is 0 Å². The van der Waals surface area contributed by atoms with Crippen molar-refractivity contribution in [1.29, 1.82) is 0 Å². The molecule has 0 unspecified atom stereocenters. The van der Waals surface area contributed by atoms with E-state index in [2.05, 4.69) is 4.98 Å². The van der Waals surface area contributed by atoms with E-state index in [0.717, 1.165) is 22.1 Å². The summed E-state index contributed by atoms with van der Waals surface area (Å²) in [5, 5.41) is 10.1. The normalized spacial score (nSPS) is 11.0. The Balaban J connectivity index is 2.58. The smallest absolute Gasteiger partial charge is 0.341 e. The van der Waals surface area contributed by atoms with Gasteiger partial charge in [-0.25, -0.2) is 22.9 Å². The van der Waals surface area contributed by atoms with Crippen LogP contribution in [0.3, 0.4) is 0 Å². The zero-order chi connectivity index (χ0) is 16.0. The number of hydrogen-bond acceptors (Lipinski definition) is 4. The summed E-state index contributed by atoms with van der Waals surface area (Å²) in [5.74, 6) is -6.47. The Labute approximate surface area is 123 Å². The Morgan fingerprint density at radius 2 is 2.00 bits per heavy atom. The number of aromatic nitrogens is 2. The zero-order valence-corrected chi connectivity index (χ0v) is 11.3. The first kappa shape index (κ1) is 14.3. The van der Waals surface area contributed by atoms with Crippen molar-refractivity contribution in [3.05, 3.63) is 57.1 Å². The van der Waals surface area contributed by atoms with Gasteiger partial charge in [0.1, 0.15) is 5.56 Å².